The number of pyridine rings is 1. The number of rotatable bonds is 4. The Morgan fingerprint density at radius 2 is 2.12 bits per heavy atom. The van der Waals surface area contributed by atoms with Gasteiger partial charge in [0.05, 0.1) is 6.10 Å². The van der Waals surface area contributed by atoms with Crippen molar-refractivity contribution >= 4 is 0 Å². The Morgan fingerprint density at radius 3 is 2.69 bits per heavy atom. The summed E-state index contributed by atoms with van der Waals surface area (Å²) in [7, 11) is 1.80. The monoisotopic (exact) mass is 220 g/mol. The second-order valence-electron chi connectivity index (χ2n) is 5.07. The van der Waals surface area contributed by atoms with Gasteiger partial charge in [0.15, 0.2) is 0 Å². The predicted octanol–water partition coefficient (Wildman–Crippen LogP) is 1.98. The van der Waals surface area contributed by atoms with Crippen LogP contribution in [0.3, 0.4) is 0 Å². The van der Waals surface area contributed by atoms with E-state index in [1.54, 1.807) is 7.11 Å². The van der Waals surface area contributed by atoms with E-state index in [0.29, 0.717) is 12.1 Å². The molecular formula is C13H20N2O. The molecule has 0 spiro atoms. The Morgan fingerprint density at radius 1 is 1.44 bits per heavy atom. The maximum atomic E-state index is 5.43. The molecule has 0 amide bonds. The van der Waals surface area contributed by atoms with Gasteiger partial charge in [0, 0.05) is 37.5 Å². The smallest absolute Gasteiger partial charge is 0.0652 e. The van der Waals surface area contributed by atoms with E-state index < -0.39 is 0 Å². The largest absolute Gasteiger partial charge is 0.381 e. The highest BCUT2D eigenvalue weighted by molar-refractivity contribution is 5.11. The lowest BCUT2D eigenvalue weighted by molar-refractivity contribution is -0.0979. The summed E-state index contributed by atoms with van der Waals surface area (Å²) in [4.78, 5) is 4.01. The SMILES string of the molecule is COC1CC(NCc2ccncc2)C1(C)C. The number of hydrogen-bond donors (Lipinski definition) is 1. The van der Waals surface area contributed by atoms with Crippen molar-refractivity contribution < 1.29 is 4.74 Å². The average Bonchev–Trinajstić information content (AvgIpc) is 2.29. The fourth-order valence-electron chi connectivity index (χ4n) is 2.37. The van der Waals surface area contributed by atoms with Crippen LogP contribution >= 0.6 is 0 Å². The van der Waals surface area contributed by atoms with Gasteiger partial charge in [-0.3, -0.25) is 4.98 Å². The van der Waals surface area contributed by atoms with E-state index in [-0.39, 0.29) is 5.41 Å². The highest BCUT2D eigenvalue weighted by atomic mass is 16.5. The van der Waals surface area contributed by atoms with Crippen LogP contribution in [0.2, 0.25) is 0 Å². The van der Waals surface area contributed by atoms with Crippen molar-refractivity contribution in [1.29, 1.82) is 0 Å². The third kappa shape index (κ3) is 2.11. The van der Waals surface area contributed by atoms with Crippen LogP contribution in [0.5, 0.6) is 0 Å². The van der Waals surface area contributed by atoms with Crippen LogP contribution in [-0.4, -0.2) is 24.2 Å². The molecule has 0 radical (unpaired) electrons. The van der Waals surface area contributed by atoms with Gasteiger partial charge in [-0.15, -0.1) is 0 Å². The quantitative estimate of drug-likeness (QED) is 0.842. The van der Waals surface area contributed by atoms with Crippen molar-refractivity contribution in [2.24, 2.45) is 5.41 Å². The third-order valence-electron chi connectivity index (χ3n) is 3.76. The molecular weight excluding hydrogens is 200 g/mol. The maximum absolute atomic E-state index is 5.43. The Kier molecular flexibility index (Phi) is 3.26. The minimum Gasteiger partial charge on any atom is -0.381 e. The van der Waals surface area contributed by atoms with E-state index in [1.165, 1.54) is 5.56 Å². The molecule has 16 heavy (non-hydrogen) atoms. The first-order valence-electron chi connectivity index (χ1n) is 5.79. The predicted molar refractivity (Wildman–Crippen MR) is 64.1 cm³/mol. The summed E-state index contributed by atoms with van der Waals surface area (Å²) >= 11 is 0. The topological polar surface area (TPSA) is 34.1 Å². The summed E-state index contributed by atoms with van der Waals surface area (Å²) < 4.78 is 5.43. The fourth-order valence-corrected chi connectivity index (χ4v) is 2.37. The Hall–Kier alpha value is -0.930. The van der Waals surface area contributed by atoms with Crippen molar-refractivity contribution in [2.75, 3.05) is 7.11 Å². The van der Waals surface area contributed by atoms with Gasteiger partial charge in [0.1, 0.15) is 0 Å². The molecule has 1 aliphatic carbocycles. The zero-order chi connectivity index (χ0) is 11.6. The molecule has 1 fully saturated rings. The van der Waals surface area contributed by atoms with Crippen LogP contribution in [0.15, 0.2) is 24.5 Å². The molecule has 1 aliphatic rings. The molecule has 1 aromatic rings. The molecule has 0 bridgehead atoms. The molecule has 1 N–H and O–H groups in total. The number of aromatic nitrogens is 1. The maximum Gasteiger partial charge on any atom is 0.0652 e. The zero-order valence-electron chi connectivity index (χ0n) is 10.2. The standard InChI is InChI=1S/C13H20N2O/c1-13(2)11(8-12(13)16-3)15-9-10-4-6-14-7-5-10/h4-7,11-12,15H,8-9H2,1-3H3. The number of hydrogen-bond acceptors (Lipinski definition) is 3. The third-order valence-corrected chi connectivity index (χ3v) is 3.76. The lowest BCUT2D eigenvalue weighted by Gasteiger charge is -2.51. The molecule has 2 atom stereocenters. The number of nitrogens with one attached hydrogen (secondary N) is 1. The molecule has 3 heteroatoms. The van der Waals surface area contributed by atoms with Crippen molar-refractivity contribution in [3.05, 3.63) is 30.1 Å². The van der Waals surface area contributed by atoms with E-state index in [1.807, 2.05) is 24.5 Å². The van der Waals surface area contributed by atoms with Gasteiger partial charge in [-0.2, -0.15) is 0 Å². The lowest BCUT2D eigenvalue weighted by atomic mass is 9.64. The van der Waals surface area contributed by atoms with Crippen LogP contribution < -0.4 is 5.32 Å². The lowest BCUT2D eigenvalue weighted by Crippen LogP contribution is -2.60. The Labute approximate surface area is 97.2 Å². The normalized spacial score (nSPS) is 27.4. The molecule has 0 aromatic carbocycles. The first-order chi connectivity index (χ1) is 7.64. The highest BCUT2D eigenvalue weighted by Gasteiger charge is 2.48. The van der Waals surface area contributed by atoms with Gasteiger partial charge in [0.25, 0.3) is 0 Å². The minimum atomic E-state index is 0.238. The zero-order valence-corrected chi connectivity index (χ0v) is 10.2. The summed E-state index contributed by atoms with van der Waals surface area (Å²) in [6.45, 7) is 5.43. The van der Waals surface area contributed by atoms with E-state index in [2.05, 4.69) is 24.1 Å². The van der Waals surface area contributed by atoms with Crippen LogP contribution in [0.25, 0.3) is 0 Å². The van der Waals surface area contributed by atoms with Gasteiger partial charge >= 0.3 is 0 Å². The fraction of sp³-hybridized carbons (Fsp3) is 0.615. The Balaban J connectivity index is 1.85. The average molecular weight is 220 g/mol. The van der Waals surface area contributed by atoms with Crippen molar-refractivity contribution in [3.8, 4) is 0 Å². The summed E-state index contributed by atoms with van der Waals surface area (Å²) in [6.07, 6.45) is 5.17. The first-order valence-corrected chi connectivity index (χ1v) is 5.79. The van der Waals surface area contributed by atoms with Gasteiger partial charge in [-0.05, 0) is 24.1 Å². The summed E-state index contributed by atoms with van der Waals surface area (Å²) in [6, 6.07) is 4.64. The molecule has 0 aliphatic heterocycles. The number of methoxy groups -OCH3 is 1. The Bertz CT molecular complexity index is 337. The van der Waals surface area contributed by atoms with Gasteiger partial charge in [-0.25, -0.2) is 0 Å². The molecule has 1 heterocycles. The van der Waals surface area contributed by atoms with Gasteiger partial charge in [-0.1, -0.05) is 13.8 Å². The first kappa shape index (κ1) is 11.6. The second kappa shape index (κ2) is 4.52. The molecule has 2 unspecified atom stereocenters. The van der Waals surface area contributed by atoms with Crippen LogP contribution in [-0.2, 0) is 11.3 Å². The van der Waals surface area contributed by atoms with Crippen molar-refractivity contribution in [3.63, 3.8) is 0 Å². The van der Waals surface area contributed by atoms with Crippen LogP contribution in [0.4, 0.5) is 0 Å². The molecule has 0 saturated heterocycles. The van der Waals surface area contributed by atoms with Crippen LogP contribution in [0.1, 0.15) is 25.8 Å². The van der Waals surface area contributed by atoms with Crippen molar-refractivity contribution in [2.45, 2.75) is 39.0 Å². The van der Waals surface area contributed by atoms with Gasteiger partial charge in [0.2, 0.25) is 0 Å². The molecule has 88 valence electrons. The van der Waals surface area contributed by atoms with Crippen LogP contribution in [0, 0.1) is 5.41 Å². The summed E-state index contributed by atoms with van der Waals surface area (Å²) in [5.74, 6) is 0. The van der Waals surface area contributed by atoms with E-state index >= 15 is 0 Å². The van der Waals surface area contributed by atoms with Crippen molar-refractivity contribution in [1.82, 2.24) is 10.3 Å². The molecule has 3 nitrogen and oxygen atoms in total. The summed E-state index contributed by atoms with van der Waals surface area (Å²) in [5, 5.41) is 3.58. The van der Waals surface area contributed by atoms with Gasteiger partial charge < -0.3 is 10.1 Å². The molecule has 1 aromatic heterocycles. The molecule has 2 rings (SSSR count). The summed E-state index contributed by atoms with van der Waals surface area (Å²) in [5.41, 5.74) is 1.52. The number of nitrogens with zero attached hydrogens (tertiary/aromatic N) is 1. The second-order valence-corrected chi connectivity index (χ2v) is 5.07. The number of ether oxygens (including phenoxy) is 1. The van der Waals surface area contributed by atoms with E-state index in [4.69, 9.17) is 4.74 Å². The highest BCUT2D eigenvalue weighted by Crippen LogP contribution is 2.42. The minimum absolute atomic E-state index is 0.238. The van der Waals surface area contributed by atoms with E-state index in [9.17, 15) is 0 Å². The molecule has 1 saturated carbocycles. The van der Waals surface area contributed by atoms with E-state index in [0.717, 1.165) is 13.0 Å².